The van der Waals surface area contributed by atoms with Crippen LogP contribution in [0.25, 0.3) is 23.0 Å². The molecule has 0 spiro atoms. The number of unbranched alkanes of at least 4 members (excludes halogenated alkanes) is 1. The molecule has 4 aromatic rings. The molecule has 0 atom stereocenters. The van der Waals surface area contributed by atoms with Crippen LogP contribution in [0.15, 0.2) is 72.9 Å². The Kier molecular flexibility index (Phi) is 7.42. The molecular formula is C25H25BClN5O. The molecular weight excluding hydrogens is 433 g/mol. The van der Waals surface area contributed by atoms with E-state index in [0.717, 1.165) is 53.1 Å². The minimum Gasteiger partial charge on any atom is -0.370 e. The summed E-state index contributed by atoms with van der Waals surface area (Å²) in [6.45, 7) is 1.37. The summed E-state index contributed by atoms with van der Waals surface area (Å²) in [6, 6.07) is 19.4. The Morgan fingerprint density at radius 2 is 1.82 bits per heavy atom. The maximum Gasteiger partial charge on any atom is 0.243 e. The molecule has 0 aliphatic carbocycles. The quantitative estimate of drug-likeness (QED) is 0.230. The highest BCUT2D eigenvalue weighted by Crippen LogP contribution is 2.28. The zero-order chi connectivity index (χ0) is 23.0. The molecule has 0 radical (unpaired) electrons. The van der Waals surface area contributed by atoms with Crippen molar-refractivity contribution >= 4 is 48.4 Å². The van der Waals surface area contributed by atoms with E-state index in [1.54, 1.807) is 6.08 Å². The first-order chi connectivity index (χ1) is 16.1. The Balaban J connectivity index is 1.32. The lowest BCUT2D eigenvalue weighted by Gasteiger charge is -2.12. The van der Waals surface area contributed by atoms with Crippen molar-refractivity contribution in [3.05, 3.63) is 83.5 Å². The number of nitrogens with zero attached hydrogens (tertiary/aromatic N) is 3. The predicted octanol–water partition coefficient (Wildman–Crippen LogP) is 3.33. The number of carbonyl (C=O) groups excluding carboxylic acids is 1. The number of hydrogen-bond acceptors (Lipinski definition) is 4. The summed E-state index contributed by atoms with van der Waals surface area (Å²) in [5.74, 6) is 0.775. The number of anilines is 1. The van der Waals surface area contributed by atoms with Crippen LogP contribution in [0.3, 0.4) is 0 Å². The molecule has 0 bridgehead atoms. The minimum atomic E-state index is -0.0842. The Bertz CT molecular complexity index is 1270. The smallest absolute Gasteiger partial charge is 0.243 e. The molecule has 6 nitrogen and oxygen atoms in total. The number of rotatable bonds is 9. The van der Waals surface area contributed by atoms with Crippen LogP contribution in [0.4, 0.5) is 5.82 Å². The molecule has 33 heavy (non-hydrogen) atoms. The molecule has 4 rings (SSSR count). The standard InChI is InChI=1S/C25H25BClN5O/c26-20-17-30-32-23(16-22(31-25(20)32)19-10-4-5-11-21(19)27)28-14-6-7-15-29-24(33)13-12-18-8-2-1-3-9-18/h1-5,8-13,16-17,28H,6-7,14-15,26H2,(H,29,33)/b13-12+. The molecule has 2 aromatic heterocycles. The van der Waals surface area contributed by atoms with Gasteiger partial charge in [0.2, 0.25) is 5.91 Å². The van der Waals surface area contributed by atoms with Gasteiger partial charge in [-0.15, -0.1) is 0 Å². The van der Waals surface area contributed by atoms with Crippen molar-refractivity contribution in [1.29, 1.82) is 0 Å². The topological polar surface area (TPSA) is 71.3 Å². The van der Waals surface area contributed by atoms with Crippen molar-refractivity contribution in [2.45, 2.75) is 12.8 Å². The van der Waals surface area contributed by atoms with Gasteiger partial charge in [-0.1, -0.05) is 60.1 Å². The second-order valence-corrected chi connectivity index (χ2v) is 8.15. The van der Waals surface area contributed by atoms with E-state index in [0.29, 0.717) is 11.6 Å². The van der Waals surface area contributed by atoms with Crippen LogP contribution < -0.4 is 16.1 Å². The number of amides is 1. The molecule has 0 fully saturated rings. The van der Waals surface area contributed by atoms with Crippen LogP contribution in [-0.2, 0) is 4.79 Å². The molecule has 2 N–H and O–H groups in total. The van der Waals surface area contributed by atoms with E-state index in [2.05, 4.69) is 15.7 Å². The number of nitrogens with one attached hydrogen (secondary N) is 2. The van der Waals surface area contributed by atoms with Gasteiger partial charge in [0.05, 0.1) is 5.69 Å². The summed E-state index contributed by atoms with van der Waals surface area (Å²) >= 11 is 6.40. The van der Waals surface area contributed by atoms with E-state index in [-0.39, 0.29) is 5.91 Å². The van der Waals surface area contributed by atoms with Crippen LogP contribution >= 0.6 is 11.6 Å². The van der Waals surface area contributed by atoms with E-state index < -0.39 is 0 Å². The fourth-order valence-corrected chi connectivity index (χ4v) is 3.71. The highest BCUT2D eigenvalue weighted by Gasteiger charge is 2.12. The summed E-state index contributed by atoms with van der Waals surface area (Å²) in [5, 5.41) is 11.5. The van der Waals surface area contributed by atoms with E-state index in [1.807, 2.05) is 85.3 Å². The zero-order valence-corrected chi connectivity index (χ0v) is 19.2. The molecule has 0 aliphatic heterocycles. The number of hydrogen-bond donors (Lipinski definition) is 2. The van der Waals surface area contributed by atoms with Crippen molar-refractivity contribution in [3.8, 4) is 11.3 Å². The molecule has 2 heterocycles. The Labute approximate surface area is 199 Å². The SMILES string of the molecule is Bc1cnn2c(NCCCCNC(=O)/C=C/c3ccccc3)cc(-c3ccccc3Cl)nc12. The predicted molar refractivity (Wildman–Crippen MR) is 138 cm³/mol. The first-order valence-corrected chi connectivity index (χ1v) is 11.3. The summed E-state index contributed by atoms with van der Waals surface area (Å²) in [6.07, 6.45) is 6.95. The van der Waals surface area contributed by atoms with Gasteiger partial charge in [0, 0.05) is 42.0 Å². The normalized spacial score (nSPS) is 11.2. The Morgan fingerprint density at radius 1 is 1.06 bits per heavy atom. The van der Waals surface area contributed by atoms with Crippen LogP contribution in [0.1, 0.15) is 18.4 Å². The largest absolute Gasteiger partial charge is 0.370 e. The van der Waals surface area contributed by atoms with E-state index in [4.69, 9.17) is 16.6 Å². The Hall–Kier alpha value is -3.58. The van der Waals surface area contributed by atoms with Gasteiger partial charge in [-0.05, 0) is 36.0 Å². The maximum atomic E-state index is 12.0. The lowest BCUT2D eigenvalue weighted by molar-refractivity contribution is -0.116. The molecule has 8 heteroatoms. The van der Waals surface area contributed by atoms with Crippen molar-refractivity contribution in [1.82, 2.24) is 19.9 Å². The van der Waals surface area contributed by atoms with E-state index >= 15 is 0 Å². The van der Waals surface area contributed by atoms with Crippen molar-refractivity contribution in [2.24, 2.45) is 0 Å². The molecule has 0 aliphatic rings. The van der Waals surface area contributed by atoms with Crippen molar-refractivity contribution < 1.29 is 4.79 Å². The summed E-state index contributed by atoms with van der Waals surface area (Å²) in [4.78, 5) is 16.7. The van der Waals surface area contributed by atoms with Gasteiger partial charge in [0.1, 0.15) is 13.7 Å². The van der Waals surface area contributed by atoms with E-state index in [1.165, 1.54) is 0 Å². The van der Waals surface area contributed by atoms with Gasteiger partial charge in [-0.3, -0.25) is 4.79 Å². The van der Waals surface area contributed by atoms with Gasteiger partial charge in [0.25, 0.3) is 0 Å². The average Bonchev–Trinajstić information content (AvgIpc) is 3.21. The Morgan fingerprint density at radius 3 is 2.64 bits per heavy atom. The zero-order valence-electron chi connectivity index (χ0n) is 18.5. The number of aromatic nitrogens is 3. The molecule has 0 unspecified atom stereocenters. The second-order valence-electron chi connectivity index (χ2n) is 7.74. The third-order valence-corrected chi connectivity index (χ3v) is 5.56. The van der Waals surface area contributed by atoms with Crippen molar-refractivity contribution in [3.63, 3.8) is 0 Å². The van der Waals surface area contributed by atoms with Gasteiger partial charge >= 0.3 is 0 Å². The van der Waals surface area contributed by atoms with Gasteiger partial charge in [0.15, 0.2) is 5.65 Å². The molecule has 1 amide bonds. The van der Waals surface area contributed by atoms with Crippen molar-refractivity contribution in [2.75, 3.05) is 18.4 Å². The average molecular weight is 458 g/mol. The molecule has 2 aromatic carbocycles. The minimum absolute atomic E-state index is 0.0842. The lowest BCUT2D eigenvalue weighted by atomic mass is 10.0. The first-order valence-electron chi connectivity index (χ1n) is 11.0. The third-order valence-electron chi connectivity index (χ3n) is 5.23. The second kappa shape index (κ2) is 10.8. The molecule has 0 saturated carbocycles. The summed E-state index contributed by atoms with van der Waals surface area (Å²) in [7, 11) is 1.99. The van der Waals surface area contributed by atoms with E-state index in [9.17, 15) is 4.79 Å². The number of fused-ring (bicyclic) bond motifs is 1. The third kappa shape index (κ3) is 5.81. The monoisotopic (exact) mass is 457 g/mol. The van der Waals surface area contributed by atoms with Gasteiger partial charge in [-0.2, -0.15) is 9.61 Å². The lowest BCUT2D eigenvalue weighted by Crippen LogP contribution is -2.22. The van der Waals surface area contributed by atoms with Gasteiger partial charge < -0.3 is 10.6 Å². The highest BCUT2D eigenvalue weighted by atomic mass is 35.5. The number of benzene rings is 2. The summed E-state index contributed by atoms with van der Waals surface area (Å²) < 4.78 is 1.81. The number of halogens is 1. The fraction of sp³-hybridized carbons (Fsp3) is 0.160. The van der Waals surface area contributed by atoms with Crippen LogP contribution in [0.5, 0.6) is 0 Å². The van der Waals surface area contributed by atoms with Crippen LogP contribution in [0, 0.1) is 0 Å². The first kappa shape index (κ1) is 22.6. The highest BCUT2D eigenvalue weighted by molar-refractivity contribution is 6.36. The van der Waals surface area contributed by atoms with Gasteiger partial charge in [-0.25, -0.2) is 4.98 Å². The van der Waals surface area contributed by atoms with Crippen LogP contribution in [-0.4, -0.2) is 41.4 Å². The maximum absolute atomic E-state index is 12.0. The molecule has 166 valence electrons. The summed E-state index contributed by atoms with van der Waals surface area (Å²) in [5.41, 5.74) is 4.49. The molecule has 0 saturated heterocycles. The van der Waals surface area contributed by atoms with Crippen LogP contribution in [0.2, 0.25) is 5.02 Å². The number of carbonyl (C=O) groups is 1. The fourth-order valence-electron chi connectivity index (χ4n) is 3.48.